The molecule has 1 amide bonds. The Bertz CT molecular complexity index is 840. The summed E-state index contributed by atoms with van der Waals surface area (Å²) in [4.78, 5) is 23.2. The second-order valence-corrected chi connectivity index (χ2v) is 6.24. The van der Waals surface area contributed by atoms with Crippen molar-refractivity contribution < 1.29 is 4.79 Å². The average molecular weight is 321 g/mol. The molecule has 0 aliphatic carbocycles. The molecule has 0 aliphatic heterocycles. The van der Waals surface area contributed by atoms with E-state index in [1.807, 2.05) is 30.3 Å². The second-order valence-electron chi connectivity index (χ2n) is 4.92. The Labute approximate surface area is 138 Å². The summed E-state index contributed by atoms with van der Waals surface area (Å²) >= 11 is 1.67. The van der Waals surface area contributed by atoms with Gasteiger partial charge in [0.05, 0.1) is 23.1 Å². The van der Waals surface area contributed by atoms with Crippen molar-refractivity contribution >= 4 is 34.8 Å². The van der Waals surface area contributed by atoms with Gasteiger partial charge in [-0.05, 0) is 43.3 Å². The number of para-hydroxylation sites is 1. The minimum absolute atomic E-state index is 0.201. The summed E-state index contributed by atoms with van der Waals surface area (Å²) in [6, 6.07) is 14.9. The number of aromatic nitrogens is 1. The molecule has 1 aromatic carbocycles. The third-order valence-corrected chi connectivity index (χ3v) is 4.10. The monoisotopic (exact) mass is 321 g/mol. The van der Waals surface area contributed by atoms with Crippen LogP contribution in [0.25, 0.3) is 0 Å². The first kappa shape index (κ1) is 15.1. The van der Waals surface area contributed by atoms with Gasteiger partial charge in [-0.25, -0.2) is 0 Å². The van der Waals surface area contributed by atoms with Gasteiger partial charge in [0.2, 0.25) is 0 Å². The van der Waals surface area contributed by atoms with Crippen molar-refractivity contribution in [1.82, 2.24) is 4.98 Å². The van der Waals surface area contributed by atoms with E-state index in [-0.39, 0.29) is 5.91 Å². The van der Waals surface area contributed by atoms with Crippen molar-refractivity contribution in [3.63, 3.8) is 0 Å². The van der Waals surface area contributed by atoms with Gasteiger partial charge >= 0.3 is 0 Å². The molecule has 0 radical (unpaired) electrons. The van der Waals surface area contributed by atoms with E-state index in [0.717, 1.165) is 4.88 Å². The Morgan fingerprint density at radius 3 is 2.78 bits per heavy atom. The van der Waals surface area contributed by atoms with E-state index in [1.54, 1.807) is 48.1 Å². The van der Waals surface area contributed by atoms with Crippen molar-refractivity contribution in [3.05, 3.63) is 76.2 Å². The fraction of sp³-hybridized carbons (Fsp3) is 0.0556. The molecule has 0 aliphatic rings. The Balaban J connectivity index is 1.82. The smallest absolute Gasteiger partial charge is 0.257 e. The molecule has 0 bridgehead atoms. The fourth-order valence-electron chi connectivity index (χ4n) is 2.07. The van der Waals surface area contributed by atoms with E-state index < -0.39 is 0 Å². The van der Waals surface area contributed by atoms with E-state index in [1.165, 1.54) is 4.88 Å². The molecule has 0 unspecified atom stereocenters. The van der Waals surface area contributed by atoms with Gasteiger partial charge in [0, 0.05) is 22.2 Å². The number of amides is 1. The van der Waals surface area contributed by atoms with Gasteiger partial charge in [-0.3, -0.25) is 14.8 Å². The minimum Gasteiger partial charge on any atom is -0.321 e. The quantitative estimate of drug-likeness (QED) is 0.722. The number of carbonyl (C=O) groups excluding carboxylic acids is 1. The average Bonchev–Trinajstić information content (AvgIpc) is 2.99. The Morgan fingerprint density at radius 1 is 1.17 bits per heavy atom. The predicted octanol–water partition coefficient (Wildman–Crippen LogP) is 4.45. The van der Waals surface area contributed by atoms with Crippen LogP contribution in [0.3, 0.4) is 0 Å². The van der Waals surface area contributed by atoms with Gasteiger partial charge in [-0.1, -0.05) is 12.1 Å². The Morgan fingerprint density at radius 2 is 2.04 bits per heavy atom. The number of thiophene rings is 1. The lowest BCUT2D eigenvalue weighted by molar-refractivity contribution is 0.102. The first-order chi connectivity index (χ1) is 11.2. The standard InChI is InChI=1S/C18H15N3OS/c1-13-8-9-15(23-13)12-20-17-7-3-2-6-16(17)18(22)21-14-5-4-10-19-11-14/h2-12H,1H3,(H,21,22). The number of benzene rings is 1. The number of pyridine rings is 1. The normalized spacial score (nSPS) is 10.8. The highest BCUT2D eigenvalue weighted by molar-refractivity contribution is 7.13. The molecule has 3 aromatic rings. The SMILES string of the molecule is Cc1ccc(C=Nc2ccccc2C(=O)Nc2cccnc2)s1. The van der Waals surface area contributed by atoms with Gasteiger partial charge < -0.3 is 5.32 Å². The third-order valence-electron chi connectivity index (χ3n) is 3.16. The minimum atomic E-state index is -0.201. The molecule has 1 N–H and O–H groups in total. The zero-order valence-electron chi connectivity index (χ0n) is 12.6. The number of hydrogen-bond donors (Lipinski definition) is 1. The lowest BCUT2D eigenvalue weighted by Gasteiger charge is -2.06. The highest BCUT2D eigenvalue weighted by Gasteiger charge is 2.10. The van der Waals surface area contributed by atoms with Crippen LogP contribution in [-0.2, 0) is 0 Å². The van der Waals surface area contributed by atoms with Crippen LogP contribution in [0.1, 0.15) is 20.1 Å². The first-order valence-electron chi connectivity index (χ1n) is 7.13. The maximum Gasteiger partial charge on any atom is 0.257 e. The number of aliphatic imine (C=N–C) groups is 1. The molecule has 0 atom stereocenters. The lowest BCUT2D eigenvalue weighted by atomic mass is 10.1. The molecule has 3 rings (SSSR count). The van der Waals surface area contributed by atoms with Gasteiger partial charge in [0.15, 0.2) is 0 Å². The molecule has 0 spiro atoms. The lowest BCUT2D eigenvalue weighted by Crippen LogP contribution is -2.12. The zero-order valence-corrected chi connectivity index (χ0v) is 13.4. The van der Waals surface area contributed by atoms with Gasteiger partial charge in [-0.15, -0.1) is 11.3 Å². The predicted molar refractivity (Wildman–Crippen MR) is 94.9 cm³/mol. The fourth-order valence-corrected chi connectivity index (χ4v) is 2.82. The van der Waals surface area contributed by atoms with Crippen molar-refractivity contribution in [2.45, 2.75) is 6.92 Å². The van der Waals surface area contributed by atoms with Gasteiger partial charge in [0.25, 0.3) is 5.91 Å². The zero-order chi connectivity index (χ0) is 16.1. The van der Waals surface area contributed by atoms with E-state index >= 15 is 0 Å². The summed E-state index contributed by atoms with van der Waals surface area (Å²) in [5, 5.41) is 2.83. The van der Waals surface area contributed by atoms with Crippen LogP contribution in [-0.4, -0.2) is 17.1 Å². The molecule has 114 valence electrons. The van der Waals surface area contributed by atoms with E-state index in [2.05, 4.69) is 22.2 Å². The second kappa shape index (κ2) is 6.98. The summed E-state index contributed by atoms with van der Waals surface area (Å²) in [5.41, 5.74) is 1.82. The van der Waals surface area contributed by atoms with Gasteiger partial charge in [0.1, 0.15) is 0 Å². The number of hydrogen-bond acceptors (Lipinski definition) is 4. The van der Waals surface area contributed by atoms with E-state index in [0.29, 0.717) is 16.9 Å². The maximum absolute atomic E-state index is 12.4. The summed E-state index contributed by atoms with van der Waals surface area (Å²) in [7, 11) is 0. The number of nitrogens with zero attached hydrogens (tertiary/aromatic N) is 2. The molecule has 2 aromatic heterocycles. The van der Waals surface area contributed by atoms with Crippen LogP contribution in [0.5, 0.6) is 0 Å². The molecule has 0 fully saturated rings. The van der Waals surface area contributed by atoms with Crippen LogP contribution in [0.15, 0.2) is 65.9 Å². The molecular formula is C18H15N3OS. The summed E-state index contributed by atoms with van der Waals surface area (Å²) in [5.74, 6) is -0.201. The van der Waals surface area contributed by atoms with Gasteiger partial charge in [-0.2, -0.15) is 0 Å². The van der Waals surface area contributed by atoms with Crippen LogP contribution < -0.4 is 5.32 Å². The molecule has 0 saturated carbocycles. The topological polar surface area (TPSA) is 54.4 Å². The summed E-state index contributed by atoms with van der Waals surface area (Å²) in [6.45, 7) is 2.05. The Kier molecular flexibility index (Phi) is 4.59. The highest BCUT2D eigenvalue weighted by Crippen LogP contribution is 2.21. The van der Waals surface area contributed by atoms with Crippen LogP contribution in [0, 0.1) is 6.92 Å². The molecule has 4 nitrogen and oxygen atoms in total. The number of carbonyl (C=O) groups is 1. The largest absolute Gasteiger partial charge is 0.321 e. The molecule has 0 saturated heterocycles. The number of rotatable bonds is 4. The van der Waals surface area contributed by atoms with Crippen molar-refractivity contribution in [2.75, 3.05) is 5.32 Å². The first-order valence-corrected chi connectivity index (χ1v) is 7.95. The maximum atomic E-state index is 12.4. The number of aryl methyl sites for hydroxylation is 1. The van der Waals surface area contributed by atoms with E-state index in [9.17, 15) is 4.79 Å². The highest BCUT2D eigenvalue weighted by atomic mass is 32.1. The summed E-state index contributed by atoms with van der Waals surface area (Å²) < 4.78 is 0. The van der Waals surface area contributed by atoms with Crippen molar-refractivity contribution in [1.29, 1.82) is 0 Å². The van der Waals surface area contributed by atoms with E-state index in [4.69, 9.17) is 0 Å². The van der Waals surface area contributed by atoms with Crippen LogP contribution >= 0.6 is 11.3 Å². The van der Waals surface area contributed by atoms with Crippen molar-refractivity contribution in [2.24, 2.45) is 4.99 Å². The third kappa shape index (κ3) is 3.90. The molecule has 2 heterocycles. The number of anilines is 1. The Hall–Kier alpha value is -2.79. The van der Waals surface area contributed by atoms with Crippen LogP contribution in [0.2, 0.25) is 0 Å². The van der Waals surface area contributed by atoms with Crippen LogP contribution in [0.4, 0.5) is 11.4 Å². The number of nitrogens with one attached hydrogen (secondary N) is 1. The molecule has 5 heteroatoms. The molecule has 23 heavy (non-hydrogen) atoms. The summed E-state index contributed by atoms with van der Waals surface area (Å²) in [6.07, 6.45) is 5.06. The molecular weight excluding hydrogens is 306 g/mol. The van der Waals surface area contributed by atoms with Crippen molar-refractivity contribution in [3.8, 4) is 0 Å².